The van der Waals surface area contributed by atoms with Crippen molar-refractivity contribution < 1.29 is 19.1 Å². The smallest absolute Gasteiger partial charge is 0.337 e. The van der Waals surface area contributed by atoms with Crippen molar-refractivity contribution in [2.75, 3.05) is 14.2 Å². The average Bonchev–Trinajstić information content (AvgIpc) is 2.56. The first kappa shape index (κ1) is 17.4. The van der Waals surface area contributed by atoms with Crippen LogP contribution in [0.15, 0.2) is 48.5 Å². The molecule has 0 radical (unpaired) electrons. The van der Waals surface area contributed by atoms with Crippen LogP contribution in [-0.2, 0) is 9.47 Å². The number of ether oxygens (including phenoxy) is 2. The highest BCUT2D eigenvalue weighted by Crippen LogP contribution is 2.06. The molecule has 0 aliphatic heterocycles. The standard InChI is InChI=1S/C10H10O4.C8H10/c1-13-9(11)7-3-5-8(6-4-7)10(12)14-2;1-7-3-5-8(2)6-4-7/h3-6H,1-2H3;3-6H,1-2H3. The lowest BCUT2D eigenvalue weighted by Crippen LogP contribution is -2.04. The van der Waals surface area contributed by atoms with E-state index in [0.717, 1.165) is 0 Å². The third kappa shape index (κ3) is 5.40. The highest BCUT2D eigenvalue weighted by molar-refractivity contribution is 5.93. The van der Waals surface area contributed by atoms with Gasteiger partial charge < -0.3 is 9.47 Å². The van der Waals surface area contributed by atoms with Gasteiger partial charge in [-0.25, -0.2) is 9.59 Å². The quantitative estimate of drug-likeness (QED) is 0.796. The molecule has 2 aromatic carbocycles. The normalized spacial score (nSPS) is 9.27. The summed E-state index contributed by atoms with van der Waals surface area (Å²) >= 11 is 0. The fraction of sp³-hybridized carbons (Fsp3) is 0.222. The molecular formula is C18H20O4. The van der Waals surface area contributed by atoms with E-state index in [4.69, 9.17) is 0 Å². The number of carbonyl (C=O) groups is 2. The minimum absolute atomic E-state index is 0.403. The summed E-state index contributed by atoms with van der Waals surface area (Å²) in [7, 11) is 2.60. The molecule has 22 heavy (non-hydrogen) atoms. The van der Waals surface area contributed by atoms with Gasteiger partial charge in [-0.05, 0) is 38.1 Å². The van der Waals surface area contributed by atoms with Crippen molar-refractivity contribution in [3.63, 3.8) is 0 Å². The number of rotatable bonds is 2. The maximum Gasteiger partial charge on any atom is 0.337 e. The van der Waals surface area contributed by atoms with E-state index >= 15 is 0 Å². The molecule has 0 amide bonds. The Morgan fingerprint density at radius 3 is 1.14 bits per heavy atom. The monoisotopic (exact) mass is 300 g/mol. The van der Waals surface area contributed by atoms with E-state index in [1.165, 1.54) is 49.6 Å². The predicted octanol–water partition coefficient (Wildman–Crippen LogP) is 3.56. The molecule has 116 valence electrons. The molecule has 4 nitrogen and oxygen atoms in total. The Morgan fingerprint density at radius 1 is 0.636 bits per heavy atom. The van der Waals surface area contributed by atoms with Crippen molar-refractivity contribution in [1.29, 1.82) is 0 Å². The first-order valence-corrected chi connectivity index (χ1v) is 6.78. The zero-order valence-electron chi connectivity index (χ0n) is 13.3. The van der Waals surface area contributed by atoms with Crippen molar-refractivity contribution >= 4 is 11.9 Å². The van der Waals surface area contributed by atoms with Gasteiger partial charge in [0.05, 0.1) is 25.3 Å². The summed E-state index contributed by atoms with van der Waals surface area (Å²) in [5.74, 6) is -0.858. The molecule has 4 heteroatoms. The summed E-state index contributed by atoms with van der Waals surface area (Å²) in [5, 5.41) is 0. The zero-order chi connectivity index (χ0) is 16.5. The van der Waals surface area contributed by atoms with E-state index in [-0.39, 0.29) is 0 Å². The first-order chi connectivity index (χ1) is 10.5. The largest absolute Gasteiger partial charge is 0.465 e. The molecule has 0 aliphatic carbocycles. The molecule has 0 aliphatic rings. The maximum absolute atomic E-state index is 11.0. The van der Waals surface area contributed by atoms with Gasteiger partial charge in [0.25, 0.3) is 0 Å². The Kier molecular flexibility index (Phi) is 6.83. The van der Waals surface area contributed by atoms with Crippen molar-refractivity contribution in [3.05, 3.63) is 70.8 Å². The lowest BCUT2D eigenvalue weighted by atomic mass is 10.1. The molecule has 0 heterocycles. The molecule has 0 bridgehead atoms. The lowest BCUT2D eigenvalue weighted by molar-refractivity contribution is 0.0586. The van der Waals surface area contributed by atoms with Crippen LogP contribution in [0, 0.1) is 13.8 Å². The van der Waals surface area contributed by atoms with Crippen LogP contribution in [0.5, 0.6) is 0 Å². The van der Waals surface area contributed by atoms with Gasteiger partial charge in [-0.15, -0.1) is 0 Å². The Hall–Kier alpha value is -2.62. The molecule has 0 saturated carbocycles. The molecule has 0 aromatic heterocycles. The Bertz CT molecular complexity index is 557. The van der Waals surface area contributed by atoms with Crippen LogP contribution >= 0.6 is 0 Å². The minimum Gasteiger partial charge on any atom is -0.465 e. The van der Waals surface area contributed by atoms with Crippen LogP contribution in [0.4, 0.5) is 0 Å². The van der Waals surface area contributed by atoms with E-state index in [2.05, 4.69) is 47.6 Å². The average molecular weight is 300 g/mol. The summed E-state index contributed by atoms with van der Waals surface area (Å²) in [5.41, 5.74) is 3.46. The molecule has 2 aromatic rings. The second-order valence-electron chi connectivity index (χ2n) is 4.72. The fourth-order valence-corrected chi connectivity index (χ4v) is 1.61. The van der Waals surface area contributed by atoms with Gasteiger partial charge in [0.2, 0.25) is 0 Å². The molecule has 0 atom stereocenters. The van der Waals surface area contributed by atoms with Gasteiger partial charge in [-0.2, -0.15) is 0 Å². The Labute approximate surface area is 130 Å². The molecule has 0 spiro atoms. The number of hydrogen-bond donors (Lipinski definition) is 0. The van der Waals surface area contributed by atoms with Gasteiger partial charge >= 0.3 is 11.9 Å². The maximum atomic E-state index is 11.0. The summed E-state index contributed by atoms with van der Waals surface area (Å²) in [6.45, 7) is 4.19. The third-order valence-corrected chi connectivity index (χ3v) is 2.95. The zero-order valence-corrected chi connectivity index (χ0v) is 13.3. The van der Waals surface area contributed by atoms with Crippen molar-refractivity contribution in [2.24, 2.45) is 0 Å². The number of esters is 2. The van der Waals surface area contributed by atoms with Crippen LogP contribution in [0.25, 0.3) is 0 Å². The summed E-state index contributed by atoms with van der Waals surface area (Å²) < 4.78 is 9.02. The molecule has 0 saturated heterocycles. The second-order valence-corrected chi connectivity index (χ2v) is 4.72. The van der Waals surface area contributed by atoms with Crippen molar-refractivity contribution in [2.45, 2.75) is 13.8 Å². The van der Waals surface area contributed by atoms with Crippen molar-refractivity contribution in [1.82, 2.24) is 0 Å². The lowest BCUT2D eigenvalue weighted by Gasteiger charge is -2.00. The number of benzene rings is 2. The minimum atomic E-state index is -0.429. The predicted molar refractivity (Wildman–Crippen MR) is 85.0 cm³/mol. The van der Waals surface area contributed by atoms with Gasteiger partial charge in [0.15, 0.2) is 0 Å². The van der Waals surface area contributed by atoms with Crippen LogP contribution in [-0.4, -0.2) is 26.2 Å². The van der Waals surface area contributed by atoms with Crippen LogP contribution in [0.1, 0.15) is 31.8 Å². The van der Waals surface area contributed by atoms with Crippen molar-refractivity contribution in [3.8, 4) is 0 Å². The molecule has 0 N–H and O–H groups in total. The molecule has 2 rings (SSSR count). The van der Waals surface area contributed by atoms with Gasteiger partial charge in [-0.3, -0.25) is 0 Å². The summed E-state index contributed by atoms with van der Waals surface area (Å²) in [6.07, 6.45) is 0. The number of hydrogen-bond acceptors (Lipinski definition) is 4. The van der Waals surface area contributed by atoms with Crippen LogP contribution in [0.3, 0.4) is 0 Å². The highest BCUT2D eigenvalue weighted by Gasteiger charge is 2.08. The van der Waals surface area contributed by atoms with E-state index < -0.39 is 11.9 Å². The highest BCUT2D eigenvalue weighted by atomic mass is 16.5. The Balaban J connectivity index is 0.000000255. The molecule has 0 unspecified atom stereocenters. The van der Waals surface area contributed by atoms with Crippen LogP contribution in [0.2, 0.25) is 0 Å². The van der Waals surface area contributed by atoms with E-state index in [0.29, 0.717) is 11.1 Å². The second kappa shape index (κ2) is 8.62. The topological polar surface area (TPSA) is 52.6 Å². The molecular weight excluding hydrogens is 280 g/mol. The summed E-state index contributed by atoms with van der Waals surface area (Å²) in [6, 6.07) is 14.5. The molecule has 0 fully saturated rings. The van der Waals surface area contributed by atoms with Gasteiger partial charge in [0, 0.05) is 0 Å². The third-order valence-electron chi connectivity index (χ3n) is 2.95. The van der Waals surface area contributed by atoms with E-state index in [1.807, 2.05) is 0 Å². The number of methoxy groups -OCH3 is 2. The number of carbonyl (C=O) groups excluding carboxylic acids is 2. The fourth-order valence-electron chi connectivity index (χ4n) is 1.61. The van der Waals surface area contributed by atoms with Gasteiger partial charge in [0.1, 0.15) is 0 Å². The first-order valence-electron chi connectivity index (χ1n) is 6.78. The SMILES string of the molecule is COC(=O)c1ccc(C(=O)OC)cc1.Cc1ccc(C)cc1. The van der Waals surface area contributed by atoms with Crippen LogP contribution < -0.4 is 0 Å². The van der Waals surface area contributed by atoms with E-state index in [9.17, 15) is 9.59 Å². The summed E-state index contributed by atoms with van der Waals surface area (Å²) in [4.78, 5) is 22.1. The number of aryl methyl sites for hydroxylation is 2. The van der Waals surface area contributed by atoms with E-state index in [1.54, 1.807) is 0 Å². The Morgan fingerprint density at radius 2 is 0.909 bits per heavy atom. The van der Waals surface area contributed by atoms with Gasteiger partial charge in [-0.1, -0.05) is 35.4 Å².